The van der Waals surface area contributed by atoms with Crippen molar-refractivity contribution in [3.63, 3.8) is 0 Å². The first-order valence-corrected chi connectivity index (χ1v) is 13.7. The molecule has 3 rings (SSSR count). The van der Waals surface area contributed by atoms with Crippen LogP contribution in [0.25, 0.3) is 10.9 Å². The molecule has 3 aromatic rings. The second-order valence-corrected chi connectivity index (χ2v) is 10.2. The third-order valence-corrected chi connectivity index (χ3v) is 6.37. The van der Waals surface area contributed by atoms with Crippen LogP contribution in [0.15, 0.2) is 58.1 Å². The highest BCUT2D eigenvalue weighted by molar-refractivity contribution is 9.10. The molecule has 17 heteroatoms. The molecule has 0 bridgehead atoms. The van der Waals surface area contributed by atoms with E-state index in [2.05, 4.69) is 41.9 Å². The number of hydrogen-bond acceptors (Lipinski definition) is 5. The zero-order chi connectivity index (χ0) is 32.9. The molecule has 4 amide bonds. The Balaban J connectivity index is 0.000000860. The number of nitrogens with one attached hydrogen (secondary N) is 4. The smallest absolute Gasteiger partial charge is 0.475 e. The number of halogens is 4. The molecular formula is C27H32BrF3N8O5. The predicted molar refractivity (Wildman–Crippen MR) is 160 cm³/mol. The molecule has 0 fully saturated rings. The SMILES string of the molecule is NC(=O)NCc1ccc(CNC(=O)[C@@H](CCCN=C(N)N)NC(=O)Cc2c[nH]c3ccc(Br)cc23)cc1.O=C(O)C(F)(F)F. The Labute approximate surface area is 257 Å². The first-order chi connectivity index (χ1) is 20.6. The van der Waals surface area contributed by atoms with Crippen molar-refractivity contribution in [3.8, 4) is 0 Å². The number of guanidine groups is 1. The number of aliphatic carboxylic acids is 1. The molecule has 1 aromatic heterocycles. The maximum atomic E-state index is 13.0. The fourth-order valence-corrected chi connectivity index (χ4v) is 4.13. The summed E-state index contributed by atoms with van der Waals surface area (Å²) >= 11 is 3.46. The molecular weight excluding hydrogens is 653 g/mol. The Bertz CT molecular complexity index is 1470. The van der Waals surface area contributed by atoms with Gasteiger partial charge in [-0.15, -0.1) is 0 Å². The number of nitrogens with two attached hydrogens (primary N) is 3. The number of alkyl halides is 3. The van der Waals surface area contributed by atoms with Crippen LogP contribution in [-0.2, 0) is 33.9 Å². The highest BCUT2D eigenvalue weighted by Crippen LogP contribution is 2.23. The standard InChI is InChI=1S/C25H31BrN8O3.C2HF3O2/c26-18-7-8-20-19(11-18)17(14-31-20)10-22(35)34-21(2-1-9-30-24(27)28)23(36)32-12-15-3-5-16(6-4-15)13-33-25(29)37;3-2(4,5)1(6)7/h3-8,11,14,21,31H,1-2,9-10,12-13H2,(H,32,36)(H,34,35)(H4,27,28,30)(H3,29,33,37);(H,6,7)/t21-;/m1./s1. The lowest BCUT2D eigenvalue weighted by atomic mass is 10.1. The Morgan fingerprint density at radius 1 is 0.977 bits per heavy atom. The third-order valence-electron chi connectivity index (χ3n) is 5.88. The van der Waals surface area contributed by atoms with Gasteiger partial charge in [-0.1, -0.05) is 40.2 Å². The van der Waals surface area contributed by atoms with Crippen molar-refractivity contribution in [2.75, 3.05) is 6.54 Å². The Hall–Kier alpha value is -4.80. The molecule has 238 valence electrons. The van der Waals surface area contributed by atoms with Gasteiger partial charge < -0.3 is 43.2 Å². The molecule has 1 atom stereocenters. The van der Waals surface area contributed by atoms with Crippen LogP contribution in [0, 0.1) is 0 Å². The van der Waals surface area contributed by atoms with Gasteiger partial charge >= 0.3 is 18.2 Å². The number of benzene rings is 2. The molecule has 0 aliphatic rings. The van der Waals surface area contributed by atoms with Crippen molar-refractivity contribution in [1.82, 2.24) is 20.9 Å². The summed E-state index contributed by atoms with van der Waals surface area (Å²) in [6, 6.07) is 11.8. The van der Waals surface area contributed by atoms with E-state index in [1.54, 1.807) is 6.20 Å². The predicted octanol–water partition coefficient (Wildman–Crippen LogP) is 2.13. The van der Waals surface area contributed by atoms with Gasteiger partial charge in [-0.3, -0.25) is 14.6 Å². The average molecular weight is 686 g/mol. The van der Waals surface area contributed by atoms with E-state index in [0.29, 0.717) is 25.9 Å². The zero-order valence-corrected chi connectivity index (χ0v) is 24.8. The number of hydrogen-bond donors (Lipinski definition) is 8. The van der Waals surface area contributed by atoms with E-state index in [-0.39, 0.29) is 30.7 Å². The molecule has 0 aliphatic carbocycles. The second kappa shape index (κ2) is 16.7. The molecule has 13 nitrogen and oxygen atoms in total. The van der Waals surface area contributed by atoms with E-state index < -0.39 is 24.2 Å². The summed E-state index contributed by atoms with van der Waals surface area (Å²) in [5.41, 5.74) is 19.4. The minimum absolute atomic E-state index is 0.0231. The molecule has 44 heavy (non-hydrogen) atoms. The Morgan fingerprint density at radius 3 is 2.11 bits per heavy atom. The van der Waals surface area contributed by atoms with Crippen LogP contribution in [0.5, 0.6) is 0 Å². The summed E-state index contributed by atoms with van der Waals surface area (Å²) in [5, 5.41) is 16.3. The van der Waals surface area contributed by atoms with E-state index in [1.165, 1.54) is 0 Å². The van der Waals surface area contributed by atoms with E-state index in [9.17, 15) is 27.6 Å². The summed E-state index contributed by atoms with van der Waals surface area (Å²) < 4.78 is 32.6. The number of aromatic amines is 1. The summed E-state index contributed by atoms with van der Waals surface area (Å²) in [5.74, 6) is -3.36. The number of H-pyrrole nitrogens is 1. The van der Waals surface area contributed by atoms with E-state index >= 15 is 0 Å². The highest BCUT2D eigenvalue weighted by atomic mass is 79.9. The number of primary amides is 1. The topological polar surface area (TPSA) is 231 Å². The Kier molecular flexibility index (Phi) is 13.5. The molecule has 1 heterocycles. The van der Waals surface area contributed by atoms with Gasteiger partial charge in [-0.05, 0) is 47.7 Å². The van der Waals surface area contributed by atoms with Crippen LogP contribution in [0.4, 0.5) is 18.0 Å². The van der Waals surface area contributed by atoms with Crippen molar-refractivity contribution < 1.29 is 37.5 Å². The summed E-state index contributed by atoms with van der Waals surface area (Å²) in [6.07, 6.45) is -2.29. The van der Waals surface area contributed by atoms with Crippen molar-refractivity contribution in [1.29, 1.82) is 0 Å². The van der Waals surface area contributed by atoms with Gasteiger partial charge in [0.05, 0.1) is 6.42 Å². The summed E-state index contributed by atoms with van der Waals surface area (Å²) in [7, 11) is 0. The van der Waals surface area contributed by atoms with E-state index in [4.69, 9.17) is 27.1 Å². The van der Waals surface area contributed by atoms with E-state index in [1.807, 2.05) is 42.5 Å². The maximum Gasteiger partial charge on any atom is 0.490 e. The molecule has 0 saturated heterocycles. The van der Waals surface area contributed by atoms with Gasteiger partial charge in [-0.25, -0.2) is 9.59 Å². The molecule has 11 N–H and O–H groups in total. The van der Waals surface area contributed by atoms with Gasteiger partial charge in [0.25, 0.3) is 0 Å². The average Bonchev–Trinajstić information content (AvgIpc) is 3.33. The van der Waals surface area contributed by atoms with Gasteiger partial charge in [0.2, 0.25) is 11.8 Å². The van der Waals surface area contributed by atoms with Gasteiger partial charge in [0.1, 0.15) is 6.04 Å². The quantitative estimate of drug-likeness (QED) is 0.0804. The lowest BCUT2D eigenvalue weighted by Crippen LogP contribution is -2.47. The number of aromatic nitrogens is 1. The van der Waals surface area contributed by atoms with Crippen LogP contribution in [0.2, 0.25) is 0 Å². The monoisotopic (exact) mass is 684 g/mol. The summed E-state index contributed by atoms with van der Waals surface area (Å²) in [4.78, 5) is 52.8. The minimum Gasteiger partial charge on any atom is -0.475 e. The molecule has 0 unspecified atom stereocenters. The molecule has 0 spiro atoms. The third kappa shape index (κ3) is 12.6. The van der Waals surface area contributed by atoms with Crippen LogP contribution in [0.1, 0.15) is 29.5 Å². The van der Waals surface area contributed by atoms with Crippen molar-refractivity contribution in [3.05, 3.63) is 69.8 Å². The number of fused-ring (bicyclic) bond motifs is 1. The van der Waals surface area contributed by atoms with Gasteiger partial charge in [-0.2, -0.15) is 13.2 Å². The van der Waals surface area contributed by atoms with Crippen molar-refractivity contribution in [2.24, 2.45) is 22.2 Å². The molecule has 2 aromatic carbocycles. The molecule has 0 aliphatic heterocycles. The fourth-order valence-electron chi connectivity index (χ4n) is 3.76. The number of carboxylic acid groups (broad SMARTS) is 1. The lowest BCUT2D eigenvalue weighted by molar-refractivity contribution is -0.192. The van der Waals surface area contributed by atoms with Crippen LogP contribution >= 0.6 is 15.9 Å². The number of carboxylic acids is 1. The number of carbonyl (C=O) groups is 4. The highest BCUT2D eigenvalue weighted by Gasteiger charge is 2.38. The van der Waals surface area contributed by atoms with E-state index in [0.717, 1.165) is 32.1 Å². The molecule has 0 saturated carbocycles. The van der Waals surface area contributed by atoms with Crippen molar-refractivity contribution in [2.45, 2.75) is 44.6 Å². The van der Waals surface area contributed by atoms with Crippen LogP contribution in [0.3, 0.4) is 0 Å². The van der Waals surface area contributed by atoms with Gasteiger partial charge in [0.15, 0.2) is 5.96 Å². The first-order valence-electron chi connectivity index (χ1n) is 12.9. The summed E-state index contributed by atoms with van der Waals surface area (Å²) in [6.45, 7) is 0.942. The largest absolute Gasteiger partial charge is 0.490 e. The van der Waals surface area contributed by atoms with Crippen LogP contribution in [-0.4, -0.2) is 58.6 Å². The zero-order valence-electron chi connectivity index (χ0n) is 23.2. The number of rotatable bonds is 12. The fraction of sp³-hybridized carbons (Fsp3) is 0.296. The second-order valence-electron chi connectivity index (χ2n) is 9.30. The first kappa shape index (κ1) is 35.4. The Morgan fingerprint density at radius 2 is 1.57 bits per heavy atom. The van der Waals surface area contributed by atoms with Gasteiger partial charge in [0, 0.05) is 41.2 Å². The van der Waals surface area contributed by atoms with Crippen LogP contribution < -0.4 is 33.2 Å². The van der Waals surface area contributed by atoms with Crippen molar-refractivity contribution >= 4 is 56.6 Å². The minimum atomic E-state index is -5.08. The number of carbonyl (C=O) groups excluding carboxylic acids is 3. The number of amides is 4. The molecule has 0 radical (unpaired) electrons. The number of urea groups is 1. The number of aliphatic imine (C=N–C) groups is 1. The lowest BCUT2D eigenvalue weighted by Gasteiger charge is -2.18. The maximum absolute atomic E-state index is 13.0. The number of nitrogens with zero attached hydrogens (tertiary/aromatic N) is 1. The normalized spacial score (nSPS) is 11.5.